The van der Waals surface area contributed by atoms with Crippen LogP contribution in [0.15, 0.2) is 54.7 Å². The van der Waals surface area contributed by atoms with Crippen molar-refractivity contribution in [2.45, 2.75) is 118 Å². The summed E-state index contributed by atoms with van der Waals surface area (Å²) in [7, 11) is 0. The first kappa shape index (κ1) is 33.9. The second-order valence-corrected chi connectivity index (χ2v) is 18.6. The van der Waals surface area contributed by atoms with Crippen LogP contribution in [0.2, 0.25) is 0 Å². The highest BCUT2D eigenvalue weighted by atomic mass is 16.5. The monoisotopic (exact) mass is 679 g/mol. The Hall–Kier alpha value is -3.19. The Morgan fingerprint density at radius 1 is 0.900 bits per heavy atom. The van der Waals surface area contributed by atoms with Gasteiger partial charge in [0.2, 0.25) is 0 Å². The van der Waals surface area contributed by atoms with E-state index in [1.165, 1.54) is 24.8 Å². The van der Waals surface area contributed by atoms with Crippen LogP contribution in [0.25, 0.3) is 16.5 Å². The van der Waals surface area contributed by atoms with Crippen molar-refractivity contribution < 1.29 is 19.7 Å². The van der Waals surface area contributed by atoms with E-state index < -0.39 is 11.4 Å². The van der Waals surface area contributed by atoms with Gasteiger partial charge < -0.3 is 14.9 Å². The number of carboxylic acids is 1. The van der Waals surface area contributed by atoms with Crippen molar-refractivity contribution in [2.75, 3.05) is 0 Å². The van der Waals surface area contributed by atoms with Crippen LogP contribution in [0.4, 0.5) is 0 Å². The summed E-state index contributed by atoms with van der Waals surface area (Å²) >= 11 is 0. The van der Waals surface area contributed by atoms with Crippen molar-refractivity contribution in [3.63, 3.8) is 0 Å². The normalized spacial score (nSPS) is 40.4. The molecule has 2 aromatic carbocycles. The van der Waals surface area contributed by atoms with Gasteiger partial charge in [0.15, 0.2) is 0 Å². The van der Waals surface area contributed by atoms with E-state index in [9.17, 15) is 15.0 Å². The number of rotatable bonds is 6. The Morgan fingerprint density at radius 3 is 2.42 bits per heavy atom. The van der Waals surface area contributed by atoms with Crippen LogP contribution in [0.3, 0.4) is 0 Å². The highest BCUT2D eigenvalue weighted by Crippen LogP contribution is 2.77. The molecule has 5 aliphatic rings. The summed E-state index contributed by atoms with van der Waals surface area (Å²) in [6, 6.07) is 11.4. The number of benzene rings is 2. The van der Waals surface area contributed by atoms with E-state index in [4.69, 9.17) is 4.74 Å². The Labute approximate surface area is 297 Å². The number of phenolic OH excluding ortho intramolecular Hbond substituents is 1. The van der Waals surface area contributed by atoms with Crippen molar-refractivity contribution in [1.29, 1.82) is 0 Å². The molecule has 5 saturated carbocycles. The topological polar surface area (TPSA) is 97.5 Å². The average molecular weight is 680 g/mol. The summed E-state index contributed by atoms with van der Waals surface area (Å²) in [6.07, 6.45) is 12.7. The molecule has 0 spiro atoms. The summed E-state index contributed by atoms with van der Waals surface area (Å²) in [5.74, 6) is 1.88. The van der Waals surface area contributed by atoms with Crippen LogP contribution < -0.4 is 0 Å². The molecule has 1 heterocycles. The van der Waals surface area contributed by atoms with Crippen LogP contribution >= 0.6 is 0 Å². The van der Waals surface area contributed by atoms with Crippen LogP contribution in [0.1, 0.15) is 111 Å². The summed E-state index contributed by atoms with van der Waals surface area (Å²) in [6.45, 7) is 19.7. The Balaban J connectivity index is 1.01. The van der Waals surface area contributed by atoms with Crippen molar-refractivity contribution in [3.8, 4) is 11.4 Å². The fourth-order valence-corrected chi connectivity index (χ4v) is 13.9. The van der Waals surface area contributed by atoms with Gasteiger partial charge in [-0.1, -0.05) is 76.2 Å². The molecule has 5 fully saturated rings. The predicted octanol–water partition coefficient (Wildman–Crippen LogP) is 9.75. The zero-order valence-electron chi connectivity index (χ0n) is 31.0. The number of nitrogens with zero attached hydrogens (tertiary/aromatic N) is 3. The van der Waals surface area contributed by atoms with Gasteiger partial charge in [0.25, 0.3) is 0 Å². The van der Waals surface area contributed by atoms with Crippen LogP contribution in [-0.4, -0.2) is 37.3 Å². The molecule has 2 N–H and O–H groups in total. The molecular weight excluding hydrogens is 622 g/mol. The number of ether oxygens (including phenoxy) is 1. The summed E-state index contributed by atoms with van der Waals surface area (Å²) in [4.78, 5) is 13.0. The molecular formula is C43H57N3O4. The fourth-order valence-electron chi connectivity index (χ4n) is 13.9. The molecule has 5 aliphatic carbocycles. The molecule has 50 heavy (non-hydrogen) atoms. The van der Waals surface area contributed by atoms with Gasteiger partial charge >= 0.3 is 5.97 Å². The zero-order valence-corrected chi connectivity index (χ0v) is 31.0. The van der Waals surface area contributed by atoms with E-state index >= 15 is 0 Å². The van der Waals surface area contributed by atoms with Gasteiger partial charge in [-0.3, -0.25) is 4.79 Å². The second-order valence-electron chi connectivity index (χ2n) is 18.6. The Kier molecular flexibility index (Phi) is 7.74. The van der Waals surface area contributed by atoms with Crippen molar-refractivity contribution in [1.82, 2.24) is 15.0 Å². The number of aromatic hydroxyl groups is 1. The Bertz CT molecular complexity index is 1850. The highest BCUT2D eigenvalue weighted by molar-refractivity contribution is 5.94. The van der Waals surface area contributed by atoms with Crippen LogP contribution in [0, 0.1) is 56.7 Å². The third kappa shape index (κ3) is 4.53. The number of carbonyl (C=O) groups is 1. The van der Waals surface area contributed by atoms with E-state index in [-0.39, 0.29) is 39.4 Å². The van der Waals surface area contributed by atoms with Gasteiger partial charge in [-0.15, -0.1) is 5.10 Å². The van der Waals surface area contributed by atoms with Crippen molar-refractivity contribution in [2.24, 2.45) is 56.7 Å². The van der Waals surface area contributed by atoms with E-state index in [0.717, 1.165) is 67.1 Å². The van der Waals surface area contributed by atoms with E-state index in [1.807, 2.05) is 36.5 Å². The maximum atomic E-state index is 13.0. The lowest BCUT2D eigenvalue weighted by Gasteiger charge is -2.72. The van der Waals surface area contributed by atoms with Gasteiger partial charge in [0, 0.05) is 10.8 Å². The Morgan fingerprint density at radius 2 is 1.66 bits per heavy atom. The molecule has 7 nitrogen and oxygen atoms in total. The number of carboxylic acid groups (broad SMARTS) is 1. The quantitative estimate of drug-likeness (QED) is 0.252. The molecule has 1 aromatic heterocycles. The maximum Gasteiger partial charge on any atom is 0.309 e. The van der Waals surface area contributed by atoms with Crippen LogP contribution in [0.5, 0.6) is 5.75 Å². The lowest BCUT2D eigenvalue weighted by atomic mass is 9.32. The number of hydrogen-bond donors (Lipinski definition) is 2. The second kappa shape index (κ2) is 11.4. The number of aromatic nitrogens is 3. The molecule has 7 heteroatoms. The summed E-state index contributed by atoms with van der Waals surface area (Å²) in [5.41, 5.74) is 2.87. The standard InChI is InChI=1S/C43H57N3O4/c1-26(2)28-16-21-43(38(48)49)23-22-41(6)31(37(28)43)14-15-35-40(5)19-18-36(39(3,4)34(40)17-20-42(35,41)7)50-25-27-24-46(45-44-27)32-12-8-11-30-29(32)10-9-13-33(30)47/h8-13,24,28,31,34-37,47H,1,14-23,25H2,2-7H3,(H,48,49)/t28-,31?,34?,35?,36-,37?,40-,41+,42+,43-/m0/s1. The lowest BCUT2D eigenvalue weighted by Crippen LogP contribution is -2.67. The largest absolute Gasteiger partial charge is 0.507 e. The first-order valence-electron chi connectivity index (χ1n) is 19.3. The predicted molar refractivity (Wildman–Crippen MR) is 196 cm³/mol. The first-order chi connectivity index (χ1) is 23.7. The minimum atomic E-state index is -0.571. The smallest absolute Gasteiger partial charge is 0.309 e. The number of hydrogen-bond acceptors (Lipinski definition) is 5. The van der Waals surface area contributed by atoms with E-state index in [2.05, 4.69) is 58.4 Å². The molecule has 0 aliphatic heterocycles. The molecule has 0 saturated heterocycles. The van der Waals surface area contributed by atoms with Crippen LogP contribution in [-0.2, 0) is 16.1 Å². The van der Waals surface area contributed by atoms with Gasteiger partial charge in [-0.2, -0.15) is 0 Å². The molecule has 0 radical (unpaired) electrons. The van der Waals surface area contributed by atoms with Crippen molar-refractivity contribution in [3.05, 3.63) is 60.4 Å². The summed E-state index contributed by atoms with van der Waals surface area (Å²) in [5, 5.41) is 31.7. The number of phenols is 1. The SMILES string of the molecule is C=C(C)[C@@H]1CC[C@]2(C(=O)O)CC[C@]3(C)C(CCC4[C@@]5(C)CC[C@H](OCc6cn(-c7cccc8c(O)cccc78)nn6)C(C)(C)C5CC[C@]43C)C12. The molecule has 0 bridgehead atoms. The molecule has 10 atom stereocenters. The minimum absolute atomic E-state index is 0.0107. The third-order valence-electron chi connectivity index (χ3n) is 16.5. The average Bonchev–Trinajstić information content (AvgIpc) is 3.71. The number of aliphatic carboxylic acids is 1. The minimum Gasteiger partial charge on any atom is -0.507 e. The number of allylic oxidation sites excluding steroid dienone is 1. The van der Waals surface area contributed by atoms with Gasteiger partial charge in [-0.05, 0) is 135 Å². The molecule has 0 amide bonds. The third-order valence-corrected chi connectivity index (χ3v) is 16.5. The summed E-state index contributed by atoms with van der Waals surface area (Å²) < 4.78 is 8.59. The van der Waals surface area contributed by atoms with Gasteiger partial charge in [0.1, 0.15) is 11.4 Å². The first-order valence-corrected chi connectivity index (χ1v) is 19.3. The number of fused-ring (bicyclic) bond motifs is 8. The lowest BCUT2D eigenvalue weighted by molar-refractivity contribution is -0.252. The zero-order chi connectivity index (χ0) is 35.4. The van der Waals surface area contributed by atoms with E-state index in [1.54, 1.807) is 10.7 Å². The van der Waals surface area contributed by atoms with Gasteiger partial charge in [-0.25, -0.2) is 4.68 Å². The molecule has 4 unspecified atom stereocenters. The molecule has 268 valence electrons. The highest BCUT2D eigenvalue weighted by Gasteiger charge is 2.72. The van der Waals surface area contributed by atoms with E-state index in [0.29, 0.717) is 30.3 Å². The molecule has 8 rings (SSSR count). The fraction of sp³-hybridized carbons (Fsp3) is 0.651. The van der Waals surface area contributed by atoms with Crippen molar-refractivity contribution >= 4 is 16.7 Å². The maximum absolute atomic E-state index is 13.0. The molecule has 3 aromatic rings. The van der Waals surface area contributed by atoms with Gasteiger partial charge in [0.05, 0.1) is 30.0 Å².